The molecule has 0 unspecified atom stereocenters. The van der Waals surface area contributed by atoms with Crippen LogP contribution in [-0.4, -0.2) is 33.8 Å². The van der Waals surface area contributed by atoms with Gasteiger partial charge in [-0.2, -0.15) is 0 Å². The second kappa shape index (κ2) is 8.60. The Balaban J connectivity index is 1.77. The van der Waals surface area contributed by atoms with Gasteiger partial charge in [0.1, 0.15) is 6.54 Å². The molecule has 1 aliphatic rings. The number of benzene rings is 1. The fourth-order valence-electron chi connectivity index (χ4n) is 3.15. The van der Waals surface area contributed by atoms with Crippen molar-refractivity contribution >= 4 is 29.3 Å². The molecule has 0 radical (unpaired) electrons. The van der Waals surface area contributed by atoms with Crippen molar-refractivity contribution in [2.75, 3.05) is 11.6 Å². The van der Waals surface area contributed by atoms with Gasteiger partial charge in [-0.25, -0.2) is 9.78 Å². The molecule has 28 heavy (non-hydrogen) atoms. The highest BCUT2D eigenvalue weighted by atomic mass is 32.2. The number of fused-ring (bicyclic) bond motifs is 1. The zero-order valence-corrected chi connectivity index (χ0v) is 17.0. The second-order valence-electron chi connectivity index (χ2n) is 6.85. The molecule has 148 valence electrons. The zero-order valence-electron chi connectivity index (χ0n) is 16.2. The van der Waals surface area contributed by atoms with Crippen LogP contribution in [0.4, 0.5) is 5.69 Å². The number of aromatic nitrogens is 2. The summed E-state index contributed by atoms with van der Waals surface area (Å²) in [5.41, 5.74) is 2.24. The molecule has 1 amide bonds. The SMILES string of the molecule is CSc1nc2c(c(=O)n1CC(=O)Nc1cccc(C(=O)OC(C)C)c1)CCC2. The van der Waals surface area contributed by atoms with Crippen molar-refractivity contribution in [3.63, 3.8) is 0 Å². The van der Waals surface area contributed by atoms with Crippen LogP contribution in [0.25, 0.3) is 0 Å². The van der Waals surface area contributed by atoms with Gasteiger partial charge in [0.15, 0.2) is 5.16 Å². The van der Waals surface area contributed by atoms with E-state index in [9.17, 15) is 14.4 Å². The van der Waals surface area contributed by atoms with Crippen LogP contribution < -0.4 is 10.9 Å². The van der Waals surface area contributed by atoms with Gasteiger partial charge in [0.25, 0.3) is 5.56 Å². The number of hydrogen-bond donors (Lipinski definition) is 1. The summed E-state index contributed by atoms with van der Waals surface area (Å²) in [5, 5.41) is 3.28. The molecule has 0 saturated carbocycles. The lowest BCUT2D eigenvalue weighted by Crippen LogP contribution is -2.32. The maximum Gasteiger partial charge on any atom is 0.338 e. The Kier molecular flexibility index (Phi) is 6.18. The molecule has 3 rings (SSSR count). The molecular weight excluding hydrogens is 378 g/mol. The molecular formula is C20H23N3O4S. The van der Waals surface area contributed by atoms with Crippen molar-refractivity contribution in [1.29, 1.82) is 0 Å². The Morgan fingerprint density at radius 1 is 1.32 bits per heavy atom. The van der Waals surface area contributed by atoms with E-state index in [4.69, 9.17) is 4.74 Å². The van der Waals surface area contributed by atoms with Crippen LogP contribution in [0.5, 0.6) is 0 Å². The number of rotatable bonds is 6. The fraction of sp³-hybridized carbons (Fsp3) is 0.400. The third-order valence-electron chi connectivity index (χ3n) is 4.36. The van der Waals surface area contributed by atoms with Crippen LogP contribution in [0.1, 0.15) is 41.9 Å². The molecule has 1 heterocycles. The minimum absolute atomic E-state index is 0.129. The average Bonchev–Trinajstić information content (AvgIpc) is 3.12. The highest BCUT2D eigenvalue weighted by Gasteiger charge is 2.21. The van der Waals surface area contributed by atoms with Gasteiger partial charge >= 0.3 is 5.97 Å². The largest absolute Gasteiger partial charge is 0.459 e. The van der Waals surface area contributed by atoms with Gasteiger partial charge < -0.3 is 10.1 Å². The molecule has 0 spiro atoms. The van der Waals surface area contributed by atoms with E-state index in [0.29, 0.717) is 28.4 Å². The predicted molar refractivity (Wildman–Crippen MR) is 108 cm³/mol. The number of carbonyl (C=O) groups excluding carboxylic acids is 2. The van der Waals surface area contributed by atoms with Crippen LogP contribution in [0.15, 0.2) is 34.2 Å². The lowest BCUT2D eigenvalue weighted by atomic mass is 10.2. The molecule has 1 N–H and O–H groups in total. The number of hydrogen-bond acceptors (Lipinski definition) is 6. The van der Waals surface area contributed by atoms with Gasteiger partial charge in [-0.3, -0.25) is 14.2 Å². The lowest BCUT2D eigenvalue weighted by Gasteiger charge is -2.13. The Bertz CT molecular complexity index is 968. The van der Waals surface area contributed by atoms with Crippen molar-refractivity contribution in [2.45, 2.75) is 50.9 Å². The smallest absolute Gasteiger partial charge is 0.338 e. The number of thioether (sulfide) groups is 1. The van der Waals surface area contributed by atoms with Crippen molar-refractivity contribution in [3.8, 4) is 0 Å². The van der Waals surface area contributed by atoms with Crippen LogP contribution in [0.2, 0.25) is 0 Å². The van der Waals surface area contributed by atoms with E-state index < -0.39 is 5.97 Å². The van der Waals surface area contributed by atoms with E-state index in [0.717, 1.165) is 18.5 Å². The summed E-state index contributed by atoms with van der Waals surface area (Å²) < 4.78 is 6.59. The molecule has 8 heteroatoms. The van der Waals surface area contributed by atoms with E-state index in [1.54, 1.807) is 38.1 Å². The molecule has 2 aromatic rings. The molecule has 1 aromatic heterocycles. The summed E-state index contributed by atoms with van der Waals surface area (Å²) in [5.74, 6) is -0.804. The van der Waals surface area contributed by atoms with E-state index in [-0.39, 0.29) is 24.1 Å². The van der Waals surface area contributed by atoms with Crippen LogP contribution in [-0.2, 0) is 28.9 Å². The van der Waals surface area contributed by atoms with E-state index in [2.05, 4.69) is 10.3 Å². The Hall–Kier alpha value is -2.61. The number of amides is 1. The van der Waals surface area contributed by atoms with Crippen molar-refractivity contribution in [3.05, 3.63) is 51.4 Å². The van der Waals surface area contributed by atoms with Crippen molar-refractivity contribution in [2.24, 2.45) is 0 Å². The third kappa shape index (κ3) is 4.44. The first kappa shape index (κ1) is 20.1. The number of aryl methyl sites for hydroxylation is 1. The van der Waals surface area contributed by atoms with Crippen LogP contribution in [0.3, 0.4) is 0 Å². The van der Waals surface area contributed by atoms with Crippen LogP contribution in [0, 0.1) is 0 Å². The maximum absolute atomic E-state index is 12.7. The summed E-state index contributed by atoms with van der Waals surface area (Å²) >= 11 is 1.35. The molecule has 7 nitrogen and oxygen atoms in total. The molecule has 0 atom stereocenters. The van der Waals surface area contributed by atoms with Crippen molar-refractivity contribution < 1.29 is 14.3 Å². The first-order valence-electron chi connectivity index (χ1n) is 9.16. The Morgan fingerprint density at radius 2 is 2.11 bits per heavy atom. The van der Waals surface area contributed by atoms with Gasteiger partial charge in [-0.15, -0.1) is 0 Å². The zero-order chi connectivity index (χ0) is 20.3. The van der Waals surface area contributed by atoms with Crippen molar-refractivity contribution in [1.82, 2.24) is 9.55 Å². The molecule has 0 aliphatic heterocycles. The normalized spacial score (nSPS) is 12.7. The highest BCUT2D eigenvalue weighted by molar-refractivity contribution is 7.98. The number of carbonyl (C=O) groups is 2. The van der Waals surface area contributed by atoms with Gasteiger partial charge in [-0.05, 0) is 57.6 Å². The fourth-order valence-corrected chi connectivity index (χ4v) is 3.72. The summed E-state index contributed by atoms with van der Waals surface area (Å²) in [7, 11) is 0. The second-order valence-corrected chi connectivity index (χ2v) is 7.63. The lowest BCUT2D eigenvalue weighted by molar-refractivity contribution is -0.116. The first-order valence-corrected chi connectivity index (χ1v) is 10.4. The van der Waals surface area contributed by atoms with Crippen LogP contribution >= 0.6 is 11.8 Å². The number of anilines is 1. The molecule has 1 aromatic carbocycles. The maximum atomic E-state index is 12.7. The molecule has 0 fully saturated rings. The van der Waals surface area contributed by atoms with Gasteiger partial charge in [0.05, 0.1) is 17.4 Å². The number of esters is 1. The summed E-state index contributed by atoms with van der Waals surface area (Å²) in [4.78, 5) is 41.9. The topological polar surface area (TPSA) is 90.3 Å². The first-order chi connectivity index (χ1) is 13.4. The monoisotopic (exact) mass is 401 g/mol. The van der Waals surface area contributed by atoms with Gasteiger partial charge in [0.2, 0.25) is 5.91 Å². The number of ether oxygens (including phenoxy) is 1. The standard InChI is InChI=1S/C20H23N3O4S/c1-12(2)27-19(26)13-6-4-7-14(10-13)21-17(24)11-23-18(25)15-8-5-9-16(15)22-20(23)28-3/h4,6-7,10,12H,5,8-9,11H2,1-3H3,(H,21,24). The van der Waals surface area contributed by atoms with E-state index >= 15 is 0 Å². The third-order valence-corrected chi connectivity index (χ3v) is 5.04. The minimum Gasteiger partial charge on any atom is -0.459 e. The quantitative estimate of drug-likeness (QED) is 0.455. The molecule has 1 aliphatic carbocycles. The average molecular weight is 401 g/mol. The Morgan fingerprint density at radius 3 is 2.82 bits per heavy atom. The van der Waals surface area contributed by atoms with E-state index in [1.165, 1.54) is 16.3 Å². The number of nitrogens with one attached hydrogen (secondary N) is 1. The predicted octanol–water partition coefficient (Wildman–Crippen LogP) is 2.66. The number of nitrogens with zero attached hydrogens (tertiary/aromatic N) is 2. The van der Waals surface area contributed by atoms with Gasteiger partial charge in [-0.1, -0.05) is 17.8 Å². The molecule has 0 saturated heterocycles. The summed E-state index contributed by atoms with van der Waals surface area (Å²) in [6, 6.07) is 6.54. The summed E-state index contributed by atoms with van der Waals surface area (Å²) in [6.07, 6.45) is 4.04. The minimum atomic E-state index is -0.449. The Labute approximate surface area is 167 Å². The van der Waals surface area contributed by atoms with E-state index in [1.807, 2.05) is 6.26 Å². The summed E-state index contributed by atoms with van der Waals surface area (Å²) in [6.45, 7) is 3.42. The highest BCUT2D eigenvalue weighted by Crippen LogP contribution is 2.20. The molecule has 0 bridgehead atoms. The van der Waals surface area contributed by atoms with Gasteiger partial charge in [0, 0.05) is 11.3 Å².